The maximum absolute atomic E-state index is 14.5. The van der Waals surface area contributed by atoms with Crippen LogP contribution < -0.4 is 0 Å². The van der Waals surface area contributed by atoms with Crippen molar-refractivity contribution in [2.24, 2.45) is 0 Å². The molecule has 0 radical (unpaired) electrons. The minimum atomic E-state index is -3.34. The van der Waals surface area contributed by atoms with Crippen LogP contribution in [0.5, 0.6) is 0 Å². The average Bonchev–Trinajstić information content (AvgIpc) is 2.80. The van der Waals surface area contributed by atoms with E-state index in [-0.39, 0.29) is 22.4 Å². The third kappa shape index (κ3) is 3.68. The fourth-order valence-corrected chi connectivity index (χ4v) is 3.81. The van der Waals surface area contributed by atoms with Gasteiger partial charge in [0.05, 0.1) is 11.3 Å². The summed E-state index contributed by atoms with van der Waals surface area (Å²) in [6.45, 7) is 1.66. The van der Waals surface area contributed by atoms with Crippen molar-refractivity contribution in [3.05, 3.63) is 70.3 Å². The van der Waals surface area contributed by atoms with E-state index in [1.54, 1.807) is 25.1 Å². The Labute approximate surface area is 155 Å². The number of hydrogen-bond acceptors (Lipinski definition) is 3. The molecule has 1 aliphatic carbocycles. The van der Waals surface area contributed by atoms with Gasteiger partial charge in [-0.3, -0.25) is 4.79 Å². The molecule has 4 nitrogen and oxygen atoms in total. The van der Waals surface area contributed by atoms with Crippen molar-refractivity contribution >= 4 is 33.0 Å². The molecular weight excluding hydrogens is 374 g/mol. The molecule has 140 valence electrons. The number of sulfone groups is 1. The van der Waals surface area contributed by atoms with Crippen LogP contribution in [0.3, 0.4) is 0 Å². The molecule has 0 unspecified atom stereocenters. The number of rotatable bonds is 4. The molecule has 0 fully saturated rings. The minimum absolute atomic E-state index is 0.150. The summed E-state index contributed by atoms with van der Waals surface area (Å²) in [5.41, 5.74) is 2.34. The smallest absolute Gasteiger partial charge is 0.307 e. The molecule has 7 heteroatoms. The second-order valence-electron chi connectivity index (χ2n) is 6.38. The summed E-state index contributed by atoms with van der Waals surface area (Å²) in [5.74, 6) is -2.65. The molecule has 0 aromatic heterocycles. The number of fused-ring (bicyclic) bond motifs is 1. The van der Waals surface area contributed by atoms with Crippen molar-refractivity contribution in [2.45, 2.75) is 18.2 Å². The quantitative estimate of drug-likeness (QED) is 0.851. The molecule has 0 atom stereocenters. The summed E-state index contributed by atoms with van der Waals surface area (Å²) >= 11 is 0. The lowest BCUT2D eigenvalue weighted by Gasteiger charge is -2.07. The molecular formula is C20H16F2O4S. The van der Waals surface area contributed by atoms with Crippen LogP contribution in [0.25, 0.3) is 17.2 Å². The lowest BCUT2D eigenvalue weighted by Crippen LogP contribution is -1.98. The van der Waals surface area contributed by atoms with Crippen molar-refractivity contribution < 1.29 is 27.1 Å². The summed E-state index contributed by atoms with van der Waals surface area (Å²) in [7, 11) is -3.34. The van der Waals surface area contributed by atoms with E-state index < -0.39 is 27.4 Å². The van der Waals surface area contributed by atoms with Gasteiger partial charge in [0, 0.05) is 17.9 Å². The second kappa shape index (κ2) is 6.74. The van der Waals surface area contributed by atoms with Gasteiger partial charge in [0.25, 0.3) is 0 Å². The highest BCUT2D eigenvalue weighted by Crippen LogP contribution is 2.45. The number of carboxylic acid groups (broad SMARTS) is 1. The Morgan fingerprint density at radius 1 is 1.15 bits per heavy atom. The fourth-order valence-electron chi connectivity index (χ4n) is 3.17. The maximum Gasteiger partial charge on any atom is 0.307 e. The fraction of sp³-hybridized carbons (Fsp3) is 0.150. The zero-order valence-corrected chi connectivity index (χ0v) is 15.4. The van der Waals surface area contributed by atoms with Crippen molar-refractivity contribution in [1.82, 2.24) is 0 Å². The highest BCUT2D eigenvalue weighted by atomic mass is 32.2. The standard InChI is InChI=1S/C20H16F2O4S/c1-11-15(10-19(23)24)17-8-13(21)9-18(22)20(17)16(11)7-12-3-5-14(6-4-12)27(2,25)26/h3-9H,10H2,1-2H3,(H,23,24)/b16-7-. The number of halogens is 2. The zero-order valence-electron chi connectivity index (χ0n) is 14.6. The number of carbonyl (C=O) groups is 1. The van der Waals surface area contributed by atoms with Gasteiger partial charge in [-0.2, -0.15) is 0 Å². The van der Waals surface area contributed by atoms with Crippen molar-refractivity contribution in [2.75, 3.05) is 6.26 Å². The number of benzene rings is 2. The summed E-state index contributed by atoms with van der Waals surface area (Å²) < 4.78 is 51.3. The van der Waals surface area contributed by atoms with Crippen LogP contribution in [-0.2, 0) is 14.6 Å². The lowest BCUT2D eigenvalue weighted by molar-refractivity contribution is -0.135. The predicted octanol–water partition coefficient (Wildman–Crippen LogP) is 4.17. The van der Waals surface area contributed by atoms with Gasteiger partial charge < -0.3 is 5.11 Å². The Hall–Kier alpha value is -2.80. The van der Waals surface area contributed by atoms with Gasteiger partial charge in [0.15, 0.2) is 9.84 Å². The molecule has 0 amide bonds. The monoisotopic (exact) mass is 390 g/mol. The lowest BCUT2D eigenvalue weighted by atomic mass is 10.00. The SMILES string of the molecule is CC1=C(CC(=O)O)c2cc(F)cc(F)c2/C1=C\c1ccc(S(C)(=O)=O)cc1. The highest BCUT2D eigenvalue weighted by molar-refractivity contribution is 7.90. The van der Waals surface area contributed by atoms with E-state index in [1.165, 1.54) is 12.1 Å². The van der Waals surface area contributed by atoms with Gasteiger partial charge in [0.1, 0.15) is 11.6 Å². The Balaban J connectivity index is 2.16. The highest BCUT2D eigenvalue weighted by Gasteiger charge is 2.28. The van der Waals surface area contributed by atoms with E-state index in [2.05, 4.69) is 0 Å². The number of allylic oxidation sites excluding steroid dienone is 2. The van der Waals surface area contributed by atoms with Gasteiger partial charge >= 0.3 is 5.97 Å². The third-order valence-corrected chi connectivity index (χ3v) is 5.58. The molecule has 1 aliphatic rings. The molecule has 0 aliphatic heterocycles. The minimum Gasteiger partial charge on any atom is -0.481 e. The Kier molecular flexibility index (Phi) is 4.73. The Bertz CT molecular complexity index is 1110. The van der Waals surface area contributed by atoms with Gasteiger partial charge in [-0.15, -0.1) is 0 Å². The second-order valence-corrected chi connectivity index (χ2v) is 8.40. The molecule has 0 saturated heterocycles. The molecule has 2 aromatic rings. The zero-order chi connectivity index (χ0) is 19.9. The van der Waals surface area contributed by atoms with Gasteiger partial charge in [-0.1, -0.05) is 12.1 Å². The molecule has 27 heavy (non-hydrogen) atoms. The summed E-state index contributed by atoms with van der Waals surface area (Å²) in [5, 5.41) is 9.14. The first-order valence-corrected chi connectivity index (χ1v) is 9.90. The van der Waals surface area contributed by atoms with Crippen molar-refractivity contribution in [3.63, 3.8) is 0 Å². The normalized spacial score (nSPS) is 15.3. The van der Waals surface area contributed by atoms with Gasteiger partial charge in [-0.25, -0.2) is 17.2 Å². The number of hydrogen-bond donors (Lipinski definition) is 1. The molecule has 0 saturated carbocycles. The van der Waals surface area contributed by atoms with Gasteiger partial charge in [-0.05, 0) is 59.0 Å². The third-order valence-electron chi connectivity index (χ3n) is 4.45. The largest absolute Gasteiger partial charge is 0.481 e. The van der Waals surface area contributed by atoms with Crippen molar-refractivity contribution in [1.29, 1.82) is 0 Å². The number of aliphatic carboxylic acids is 1. The van der Waals surface area contributed by atoms with Crippen LogP contribution in [0.15, 0.2) is 46.9 Å². The van der Waals surface area contributed by atoms with Crippen LogP contribution in [0.4, 0.5) is 8.78 Å². The molecule has 0 spiro atoms. The first kappa shape index (κ1) is 19.0. The molecule has 0 bridgehead atoms. The van der Waals surface area contributed by atoms with E-state index in [4.69, 9.17) is 5.11 Å². The van der Waals surface area contributed by atoms with Crippen LogP contribution in [-0.4, -0.2) is 25.7 Å². The summed E-state index contributed by atoms with van der Waals surface area (Å²) in [4.78, 5) is 11.3. The van der Waals surface area contributed by atoms with Crippen LogP contribution in [0.1, 0.15) is 30.0 Å². The first-order valence-electron chi connectivity index (χ1n) is 8.01. The Morgan fingerprint density at radius 3 is 2.33 bits per heavy atom. The predicted molar refractivity (Wildman–Crippen MR) is 98.6 cm³/mol. The van der Waals surface area contributed by atoms with E-state index in [1.807, 2.05) is 0 Å². The maximum atomic E-state index is 14.5. The van der Waals surface area contributed by atoms with Crippen LogP contribution in [0, 0.1) is 11.6 Å². The van der Waals surface area contributed by atoms with Crippen LogP contribution >= 0.6 is 0 Å². The molecule has 3 rings (SSSR count). The molecule has 2 aromatic carbocycles. The van der Waals surface area contributed by atoms with E-state index >= 15 is 0 Å². The molecule has 1 N–H and O–H groups in total. The topological polar surface area (TPSA) is 71.4 Å². The van der Waals surface area contributed by atoms with Crippen molar-refractivity contribution in [3.8, 4) is 0 Å². The van der Waals surface area contributed by atoms with Gasteiger partial charge in [0.2, 0.25) is 0 Å². The van der Waals surface area contributed by atoms with Crippen LogP contribution in [0.2, 0.25) is 0 Å². The molecule has 0 heterocycles. The summed E-state index contributed by atoms with van der Waals surface area (Å²) in [6, 6.07) is 7.93. The summed E-state index contributed by atoms with van der Waals surface area (Å²) in [6.07, 6.45) is 2.38. The van der Waals surface area contributed by atoms with E-state index in [0.29, 0.717) is 22.3 Å². The first-order chi connectivity index (χ1) is 12.6. The number of carboxylic acids is 1. The average molecular weight is 390 g/mol. The van der Waals surface area contributed by atoms with E-state index in [0.717, 1.165) is 18.4 Å². The Morgan fingerprint density at radius 2 is 1.78 bits per heavy atom. The van der Waals surface area contributed by atoms with E-state index in [9.17, 15) is 22.0 Å².